The van der Waals surface area contributed by atoms with Crippen molar-refractivity contribution in [1.29, 1.82) is 0 Å². The third kappa shape index (κ3) is 1.80. The van der Waals surface area contributed by atoms with Crippen LogP contribution in [-0.4, -0.2) is 25.7 Å². The van der Waals surface area contributed by atoms with Gasteiger partial charge >= 0.3 is 5.97 Å². The maximum absolute atomic E-state index is 12.1. The Hall–Kier alpha value is -2.50. The molecule has 0 bridgehead atoms. The predicted octanol–water partition coefficient (Wildman–Crippen LogP) is 1.89. The Bertz CT molecular complexity index is 858. The fourth-order valence-electron chi connectivity index (χ4n) is 3.36. The van der Waals surface area contributed by atoms with Gasteiger partial charge in [-0.3, -0.25) is 4.79 Å². The summed E-state index contributed by atoms with van der Waals surface area (Å²) in [4.78, 5) is 26.0. The molecule has 0 aliphatic heterocycles. The minimum absolute atomic E-state index is 0.403. The molecule has 3 rings (SSSR count). The number of pyridine rings is 1. The number of hydrogen-bond acceptors (Lipinski definition) is 3. The Kier molecular flexibility index (Phi) is 3.12. The second-order valence-corrected chi connectivity index (χ2v) is 5.78. The fraction of sp³-hybridized carbons (Fsp3) is 0.375. The molecule has 0 saturated carbocycles. The van der Waals surface area contributed by atoms with Crippen LogP contribution < -0.4 is 5.56 Å². The first kappa shape index (κ1) is 14.4. The van der Waals surface area contributed by atoms with E-state index in [9.17, 15) is 14.7 Å². The minimum atomic E-state index is -1.41. The van der Waals surface area contributed by atoms with Crippen LogP contribution in [0.3, 0.4) is 0 Å². The quantitative estimate of drug-likeness (QED) is 0.749. The van der Waals surface area contributed by atoms with E-state index in [1.54, 1.807) is 0 Å². The van der Waals surface area contributed by atoms with Gasteiger partial charge in [0.15, 0.2) is 5.56 Å². The van der Waals surface area contributed by atoms with Crippen LogP contribution in [0.1, 0.15) is 39.3 Å². The number of aromatic hydroxyl groups is 1. The number of aromatic nitrogens is 2. The van der Waals surface area contributed by atoms with Gasteiger partial charge in [-0.05, 0) is 38.7 Å². The second-order valence-electron chi connectivity index (χ2n) is 5.78. The lowest BCUT2D eigenvalue weighted by Crippen LogP contribution is -2.20. The first-order valence-corrected chi connectivity index (χ1v) is 7.21. The van der Waals surface area contributed by atoms with Crippen LogP contribution in [0.4, 0.5) is 0 Å². The highest BCUT2D eigenvalue weighted by atomic mass is 16.4. The third-order valence-corrected chi connectivity index (χ3v) is 4.71. The van der Waals surface area contributed by atoms with Crippen molar-refractivity contribution in [3.05, 3.63) is 38.4 Å². The lowest BCUT2D eigenvalue weighted by molar-refractivity contribution is 0.0691. The van der Waals surface area contributed by atoms with Gasteiger partial charge in [-0.25, -0.2) is 4.79 Å². The summed E-state index contributed by atoms with van der Waals surface area (Å²) in [5.41, 5.74) is 3.89. The molecule has 3 N–H and O–H groups in total. The van der Waals surface area contributed by atoms with Crippen molar-refractivity contribution in [2.24, 2.45) is 7.05 Å². The molecule has 6 heteroatoms. The molecule has 2 heterocycles. The Labute approximate surface area is 127 Å². The molecular weight excluding hydrogens is 284 g/mol. The molecule has 0 amide bonds. The summed E-state index contributed by atoms with van der Waals surface area (Å²) in [5.74, 6) is -1.81. The van der Waals surface area contributed by atoms with E-state index >= 15 is 0 Å². The van der Waals surface area contributed by atoms with Crippen LogP contribution in [0.25, 0.3) is 11.3 Å². The van der Waals surface area contributed by atoms with Crippen LogP contribution >= 0.6 is 0 Å². The molecule has 2 aromatic rings. The van der Waals surface area contributed by atoms with Crippen LogP contribution in [0.15, 0.2) is 4.79 Å². The maximum Gasteiger partial charge on any atom is 0.345 e. The van der Waals surface area contributed by atoms with Gasteiger partial charge in [-0.2, -0.15) is 0 Å². The van der Waals surface area contributed by atoms with Gasteiger partial charge in [-0.15, -0.1) is 0 Å². The number of fused-ring (bicyclic) bond motifs is 3. The van der Waals surface area contributed by atoms with E-state index in [1.165, 1.54) is 0 Å². The number of H-pyrrole nitrogens is 1. The topological polar surface area (TPSA) is 95.3 Å². The number of aromatic carboxylic acids is 1. The van der Waals surface area contributed by atoms with E-state index in [0.717, 1.165) is 35.4 Å². The average molecular weight is 302 g/mol. The second kappa shape index (κ2) is 4.76. The maximum atomic E-state index is 12.1. The van der Waals surface area contributed by atoms with Crippen molar-refractivity contribution < 1.29 is 15.0 Å². The van der Waals surface area contributed by atoms with Crippen LogP contribution in [0.2, 0.25) is 0 Å². The summed E-state index contributed by atoms with van der Waals surface area (Å²) in [6.45, 7) is 3.98. The lowest BCUT2D eigenvalue weighted by Gasteiger charge is -2.11. The van der Waals surface area contributed by atoms with Gasteiger partial charge in [0.1, 0.15) is 5.75 Å². The number of nitrogens with zero attached hydrogens (tertiary/aromatic N) is 1. The lowest BCUT2D eigenvalue weighted by atomic mass is 9.99. The molecule has 116 valence electrons. The van der Waals surface area contributed by atoms with Gasteiger partial charge < -0.3 is 19.8 Å². The zero-order valence-corrected chi connectivity index (χ0v) is 12.8. The molecule has 0 atom stereocenters. The predicted molar refractivity (Wildman–Crippen MR) is 81.6 cm³/mol. The smallest absolute Gasteiger partial charge is 0.345 e. The number of hydrogen-bond donors (Lipinski definition) is 3. The first-order valence-electron chi connectivity index (χ1n) is 7.21. The molecule has 1 aliphatic carbocycles. The summed E-state index contributed by atoms with van der Waals surface area (Å²) in [6, 6.07) is 0. The highest BCUT2D eigenvalue weighted by Gasteiger charge is 2.28. The van der Waals surface area contributed by atoms with Crippen molar-refractivity contribution in [3.63, 3.8) is 0 Å². The summed E-state index contributed by atoms with van der Waals surface area (Å²) >= 11 is 0. The van der Waals surface area contributed by atoms with Gasteiger partial charge in [0.05, 0.1) is 5.69 Å². The molecule has 2 aromatic heterocycles. The minimum Gasteiger partial charge on any atom is -0.506 e. The van der Waals surface area contributed by atoms with Gasteiger partial charge in [0.2, 0.25) is 0 Å². The van der Waals surface area contributed by atoms with Crippen LogP contribution in [0, 0.1) is 13.8 Å². The highest BCUT2D eigenvalue weighted by Crippen LogP contribution is 2.39. The zero-order chi connectivity index (χ0) is 16.2. The molecule has 0 fully saturated rings. The largest absolute Gasteiger partial charge is 0.506 e. The Morgan fingerprint density at radius 3 is 2.59 bits per heavy atom. The van der Waals surface area contributed by atoms with E-state index in [0.29, 0.717) is 17.7 Å². The average Bonchev–Trinajstić information content (AvgIpc) is 2.61. The number of carboxylic acid groups (broad SMARTS) is 1. The summed E-state index contributed by atoms with van der Waals surface area (Å²) in [5, 5.41) is 19.4. The fourth-order valence-corrected chi connectivity index (χ4v) is 3.36. The third-order valence-electron chi connectivity index (χ3n) is 4.71. The van der Waals surface area contributed by atoms with Crippen molar-refractivity contribution in [2.45, 2.75) is 33.1 Å². The molecular formula is C16H18N2O4. The SMILES string of the molecule is Cc1c2c(n(C)c1C)CCCc1c-2[nH]c(=O)c(C(=O)O)c1O. The van der Waals surface area contributed by atoms with E-state index in [1.807, 2.05) is 20.9 Å². The molecule has 22 heavy (non-hydrogen) atoms. The Morgan fingerprint density at radius 1 is 1.27 bits per heavy atom. The number of aromatic amines is 1. The van der Waals surface area contributed by atoms with Crippen molar-refractivity contribution in [3.8, 4) is 17.0 Å². The summed E-state index contributed by atoms with van der Waals surface area (Å²) < 4.78 is 2.10. The van der Waals surface area contributed by atoms with Crippen molar-refractivity contribution in [2.75, 3.05) is 0 Å². The molecule has 0 radical (unpaired) electrons. The van der Waals surface area contributed by atoms with Crippen molar-refractivity contribution >= 4 is 5.97 Å². The summed E-state index contributed by atoms with van der Waals surface area (Å²) in [6.07, 6.45) is 2.14. The number of rotatable bonds is 1. The van der Waals surface area contributed by atoms with E-state index in [2.05, 4.69) is 9.55 Å². The molecule has 6 nitrogen and oxygen atoms in total. The number of carbonyl (C=O) groups is 1. The highest BCUT2D eigenvalue weighted by molar-refractivity contribution is 5.92. The van der Waals surface area contributed by atoms with Crippen LogP contribution in [0.5, 0.6) is 5.75 Å². The van der Waals surface area contributed by atoms with E-state index in [4.69, 9.17) is 5.11 Å². The van der Waals surface area contributed by atoms with Gasteiger partial charge in [0.25, 0.3) is 5.56 Å². The van der Waals surface area contributed by atoms with Gasteiger partial charge in [-0.1, -0.05) is 0 Å². The van der Waals surface area contributed by atoms with E-state index in [-0.39, 0.29) is 0 Å². The van der Waals surface area contributed by atoms with Gasteiger partial charge in [0, 0.05) is 29.6 Å². The Balaban J connectivity index is 2.42. The monoisotopic (exact) mass is 302 g/mol. The standard InChI is InChI=1S/C16H18N2O4/c1-7-8(2)18(3)10-6-4-5-9-13(11(7)10)17-15(20)12(14(9)19)16(21)22/h4-6H2,1-3H3,(H,21,22)(H2,17,19,20). The molecule has 0 aromatic carbocycles. The van der Waals surface area contributed by atoms with E-state index < -0.39 is 22.8 Å². The molecule has 0 saturated heterocycles. The first-order chi connectivity index (χ1) is 10.3. The molecule has 1 aliphatic rings. The number of carboxylic acids is 1. The van der Waals surface area contributed by atoms with Crippen LogP contribution in [-0.2, 0) is 19.9 Å². The Morgan fingerprint density at radius 2 is 1.95 bits per heavy atom. The molecule has 0 unspecified atom stereocenters. The zero-order valence-electron chi connectivity index (χ0n) is 12.8. The normalized spacial score (nSPS) is 13.4. The van der Waals surface area contributed by atoms with Crippen molar-refractivity contribution in [1.82, 2.24) is 9.55 Å². The molecule has 0 spiro atoms. The number of nitrogens with one attached hydrogen (secondary N) is 1. The summed E-state index contributed by atoms with van der Waals surface area (Å²) in [7, 11) is 1.98.